The van der Waals surface area contributed by atoms with Gasteiger partial charge in [-0.25, -0.2) is 4.39 Å². The fraction of sp³-hybridized carbons (Fsp3) is 0.500. The SMILES string of the molecule is O=[N+]([O-])c1cc([C@@H](CF)N2CCNCC2)ccc1Br. The molecule has 0 saturated carbocycles. The molecule has 19 heavy (non-hydrogen) atoms. The standard InChI is InChI=1S/C12H15BrFN3O2/c13-10-2-1-9(7-11(10)17(18)19)12(8-14)16-5-3-15-4-6-16/h1-2,7,12,15H,3-6,8H2/t12-/m1/s1. The molecule has 2 rings (SSSR count). The largest absolute Gasteiger partial charge is 0.314 e. The summed E-state index contributed by atoms with van der Waals surface area (Å²) in [7, 11) is 0. The fourth-order valence-electron chi connectivity index (χ4n) is 2.27. The minimum Gasteiger partial charge on any atom is -0.314 e. The van der Waals surface area contributed by atoms with E-state index in [2.05, 4.69) is 21.2 Å². The van der Waals surface area contributed by atoms with Gasteiger partial charge in [-0.3, -0.25) is 15.0 Å². The third-order valence-corrected chi connectivity index (χ3v) is 3.96. The minimum absolute atomic E-state index is 0.0221. The van der Waals surface area contributed by atoms with Crippen molar-refractivity contribution in [2.45, 2.75) is 6.04 Å². The lowest BCUT2D eigenvalue weighted by Crippen LogP contribution is -2.45. The molecule has 1 fully saturated rings. The summed E-state index contributed by atoms with van der Waals surface area (Å²) in [5, 5.41) is 14.1. The number of nitro benzene ring substituents is 1. The second-order valence-corrected chi connectivity index (χ2v) is 5.28. The van der Waals surface area contributed by atoms with Gasteiger partial charge in [-0.05, 0) is 27.6 Å². The van der Waals surface area contributed by atoms with E-state index in [1.807, 2.05) is 4.90 Å². The van der Waals surface area contributed by atoms with Crippen molar-refractivity contribution in [2.24, 2.45) is 0 Å². The Hall–Kier alpha value is -1.05. The number of piperazine rings is 1. The zero-order valence-electron chi connectivity index (χ0n) is 10.3. The Morgan fingerprint density at radius 1 is 1.47 bits per heavy atom. The lowest BCUT2D eigenvalue weighted by Gasteiger charge is -2.33. The quantitative estimate of drug-likeness (QED) is 0.679. The summed E-state index contributed by atoms with van der Waals surface area (Å²) in [6.07, 6.45) is 0. The molecule has 1 N–H and O–H groups in total. The molecule has 1 aromatic carbocycles. The van der Waals surface area contributed by atoms with Gasteiger partial charge in [0, 0.05) is 32.2 Å². The predicted octanol–water partition coefficient (Wildman–Crippen LogP) is 2.27. The molecule has 1 heterocycles. The van der Waals surface area contributed by atoms with Crippen molar-refractivity contribution in [1.29, 1.82) is 0 Å². The molecule has 0 aliphatic carbocycles. The molecule has 1 aromatic rings. The molecule has 0 radical (unpaired) electrons. The van der Waals surface area contributed by atoms with Crippen molar-refractivity contribution < 1.29 is 9.31 Å². The Morgan fingerprint density at radius 2 is 2.16 bits per heavy atom. The van der Waals surface area contributed by atoms with Crippen molar-refractivity contribution in [3.63, 3.8) is 0 Å². The van der Waals surface area contributed by atoms with E-state index in [9.17, 15) is 14.5 Å². The van der Waals surface area contributed by atoms with E-state index in [1.165, 1.54) is 6.07 Å². The smallest absolute Gasteiger partial charge is 0.283 e. The van der Waals surface area contributed by atoms with E-state index in [1.54, 1.807) is 12.1 Å². The van der Waals surface area contributed by atoms with E-state index >= 15 is 0 Å². The van der Waals surface area contributed by atoms with Crippen LogP contribution in [0.15, 0.2) is 22.7 Å². The Balaban J connectivity index is 2.27. The second-order valence-electron chi connectivity index (χ2n) is 4.42. The van der Waals surface area contributed by atoms with Gasteiger partial charge in [0.25, 0.3) is 5.69 Å². The van der Waals surface area contributed by atoms with E-state index in [4.69, 9.17) is 0 Å². The maximum Gasteiger partial charge on any atom is 0.283 e. The third kappa shape index (κ3) is 3.29. The first-order chi connectivity index (χ1) is 9.13. The third-order valence-electron chi connectivity index (χ3n) is 3.29. The minimum atomic E-state index is -0.543. The average molecular weight is 332 g/mol. The van der Waals surface area contributed by atoms with Gasteiger partial charge < -0.3 is 5.32 Å². The highest BCUT2D eigenvalue weighted by Crippen LogP contribution is 2.30. The summed E-state index contributed by atoms with van der Waals surface area (Å²) >= 11 is 3.14. The van der Waals surface area contributed by atoms with E-state index in [0.717, 1.165) is 26.2 Å². The van der Waals surface area contributed by atoms with Gasteiger partial charge in [0.15, 0.2) is 0 Å². The normalized spacial score (nSPS) is 18.2. The summed E-state index contributed by atoms with van der Waals surface area (Å²) < 4.78 is 13.7. The van der Waals surface area contributed by atoms with E-state index in [0.29, 0.717) is 10.0 Å². The van der Waals surface area contributed by atoms with E-state index < -0.39 is 17.6 Å². The summed E-state index contributed by atoms with van der Waals surface area (Å²) in [5.41, 5.74) is 0.630. The number of rotatable bonds is 4. The van der Waals surface area contributed by atoms with Gasteiger partial charge in [-0.2, -0.15) is 0 Å². The Labute approximate surface area is 119 Å². The maximum atomic E-state index is 13.3. The molecule has 0 spiro atoms. The van der Waals surface area contributed by atoms with Gasteiger partial charge in [-0.15, -0.1) is 0 Å². The molecular weight excluding hydrogens is 317 g/mol. The van der Waals surface area contributed by atoms with Gasteiger partial charge in [0.2, 0.25) is 0 Å². The fourth-order valence-corrected chi connectivity index (χ4v) is 2.66. The number of hydrogen-bond acceptors (Lipinski definition) is 4. The Bertz CT molecular complexity index is 466. The van der Waals surface area contributed by atoms with Gasteiger partial charge in [-0.1, -0.05) is 6.07 Å². The number of alkyl halides is 1. The molecule has 1 aliphatic heterocycles. The summed E-state index contributed by atoms with van der Waals surface area (Å²) in [5.74, 6) is 0. The van der Waals surface area contributed by atoms with Gasteiger partial charge in [0.1, 0.15) is 6.67 Å². The van der Waals surface area contributed by atoms with Crippen molar-refractivity contribution in [1.82, 2.24) is 10.2 Å². The van der Waals surface area contributed by atoms with Crippen LogP contribution in [0.1, 0.15) is 11.6 Å². The summed E-state index contributed by atoms with van der Waals surface area (Å²) in [6, 6.07) is 4.40. The highest BCUT2D eigenvalue weighted by molar-refractivity contribution is 9.10. The molecule has 1 aliphatic rings. The zero-order chi connectivity index (χ0) is 13.8. The number of hydrogen-bond donors (Lipinski definition) is 1. The molecule has 0 amide bonds. The second kappa shape index (κ2) is 6.40. The van der Waals surface area contributed by atoms with Crippen molar-refractivity contribution >= 4 is 21.6 Å². The van der Waals surface area contributed by atoms with Crippen molar-refractivity contribution in [2.75, 3.05) is 32.9 Å². The number of nitro groups is 1. The van der Waals surface area contributed by atoms with Crippen LogP contribution in [0.4, 0.5) is 10.1 Å². The molecule has 104 valence electrons. The first kappa shape index (κ1) is 14.4. The van der Waals surface area contributed by atoms with Crippen LogP contribution in [-0.4, -0.2) is 42.7 Å². The lowest BCUT2D eigenvalue weighted by molar-refractivity contribution is -0.385. The zero-order valence-corrected chi connectivity index (χ0v) is 11.9. The summed E-state index contributed by atoms with van der Waals surface area (Å²) in [6.45, 7) is 2.58. The van der Waals surface area contributed by atoms with Crippen LogP contribution >= 0.6 is 15.9 Å². The number of benzene rings is 1. The van der Waals surface area contributed by atoms with Crippen molar-refractivity contribution in [3.8, 4) is 0 Å². The average Bonchev–Trinajstić information content (AvgIpc) is 2.42. The van der Waals surface area contributed by atoms with Crippen LogP contribution in [0.2, 0.25) is 0 Å². The highest BCUT2D eigenvalue weighted by atomic mass is 79.9. The molecule has 7 heteroatoms. The first-order valence-electron chi connectivity index (χ1n) is 6.08. The van der Waals surface area contributed by atoms with Gasteiger partial charge in [0.05, 0.1) is 15.4 Å². The molecule has 1 atom stereocenters. The van der Waals surface area contributed by atoms with Gasteiger partial charge >= 0.3 is 0 Å². The lowest BCUT2D eigenvalue weighted by atomic mass is 10.0. The van der Waals surface area contributed by atoms with Crippen LogP contribution in [-0.2, 0) is 0 Å². The maximum absolute atomic E-state index is 13.3. The van der Waals surface area contributed by atoms with Crippen LogP contribution in [0.5, 0.6) is 0 Å². The number of nitrogens with zero attached hydrogens (tertiary/aromatic N) is 2. The first-order valence-corrected chi connectivity index (χ1v) is 6.87. The number of halogens is 2. The van der Waals surface area contributed by atoms with Crippen LogP contribution in [0, 0.1) is 10.1 Å². The van der Waals surface area contributed by atoms with E-state index in [-0.39, 0.29) is 5.69 Å². The topological polar surface area (TPSA) is 58.4 Å². The molecule has 0 unspecified atom stereocenters. The molecule has 5 nitrogen and oxygen atoms in total. The highest BCUT2D eigenvalue weighted by Gasteiger charge is 2.24. The van der Waals surface area contributed by atoms with Crippen molar-refractivity contribution in [3.05, 3.63) is 38.3 Å². The summed E-state index contributed by atoms with van der Waals surface area (Å²) in [4.78, 5) is 12.5. The van der Waals surface area contributed by atoms with Crippen LogP contribution in [0.3, 0.4) is 0 Å². The Kier molecular flexibility index (Phi) is 4.84. The Morgan fingerprint density at radius 3 is 2.74 bits per heavy atom. The molecule has 0 bridgehead atoms. The number of nitrogens with one attached hydrogen (secondary N) is 1. The predicted molar refractivity (Wildman–Crippen MR) is 74.0 cm³/mol. The van der Waals surface area contributed by atoms with Crippen LogP contribution in [0.25, 0.3) is 0 Å². The monoisotopic (exact) mass is 331 g/mol. The van der Waals surface area contributed by atoms with Crippen LogP contribution < -0.4 is 5.32 Å². The molecule has 0 aromatic heterocycles. The molecular formula is C12H15BrFN3O2. The molecule has 1 saturated heterocycles.